The molecule has 2 nitrogen and oxygen atoms in total. The third-order valence-corrected chi connectivity index (χ3v) is 5.19. The fraction of sp³-hybridized carbons (Fsp3) is 0.625. The van der Waals surface area contributed by atoms with Crippen molar-refractivity contribution in [1.82, 2.24) is 0 Å². The Kier molecular flexibility index (Phi) is 3.06. The molecule has 0 saturated heterocycles. The Morgan fingerprint density at radius 2 is 2.17 bits per heavy atom. The zero-order valence-corrected chi connectivity index (χ0v) is 11.4. The maximum Gasteiger partial charge on any atom is 0.0549 e. The summed E-state index contributed by atoms with van der Waals surface area (Å²) in [6.07, 6.45) is 6.48. The van der Waals surface area contributed by atoms with Crippen LogP contribution < -0.4 is 10.6 Å². The van der Waals surface area contributed by atoms with Crippen LogP contribution in [0.2, 0.25) is 0 Å². The van der Waals surface area contributed by atoms with Crippen molar-refractivity contribution >= 4 is 5.69 Å². The number of nitrogens with two attached hydrogens (primary N) is 1. The molecule has 2 unspecified atom stereocenters. The molecule has 0 amide bonds. The van der Waals surface area contributed by atoms with Crippen molar-refractivity contribution < 1.29 is 0 Å². The van der Waals surface area contributed by atoms with E-state index in [2.05, 4.69) is 36.1 Å². The van der Waals surface area contributed by atoms with Crippen molar-refractivity contribution in [1.29, 1.82) is 0 Å². The SMILES string of the molecule is CC1CCCCC1(CN)N1CCc2ccccc21. The number of hydrogen-bond acceptors (Lipinski definition) is 2. The minimum Gasteiger partial charge on any atom is -0.364 e. The van der Waals surface area contributed by atoms with Crippen LogP contribution in [0, 0.1) is 5.92 Å². The van der Waals surface area contributed by atoms with Crippen molar-refractivity contribution in [3.8, 4) is 0 Å². The minimum absolute atomic E-state index is 0.213. The summed E-state index contributed by atoms with van der Waals surface area (Å²) >= 11 is 0. The molecule has 1 aromatic carbocycles. The van der Waals surface area contributed by atoms with Crippen LogP contribution in [0.25, 0.3) is 0 Å². The molecule has 1 saturated carbocycles. The van der Waals surface area contributed by atoms with Crippen LogP contribution in [0.15, 0.2) is 24.3 Å². The molecule has 1 aliphatic heterocycles. The molecule has 98 valence electrons. The molecular weight excluding hydrogens is 220 g/mol. The second kappa shape index (κ2) is 4.58. The molecule has 1 aromatic rings. The number of rotatable bonds is 2. The van der Waals surface area contributed by atoms with E-state index >= 15 is 0 Å². The molecule has 2 aliphatic rings. The zero-order chi connectivity index (χ0) is 12.6. The molecule has 0 bridgehead atoms. The number of benzene rings is 1. The summed E-state index contributed by atoms with van der Waals surface area (Å²) < 4.78 is 0. The van der Waals surface area contributed by atoms with Gasteiger partial charge < -0.3 is 10.6 Å². The first kappa shape index (κ1) is 12.0. The van der Waals surface area contributed by atoms with Gasteiger partial charge in [-0.1, -0.05) is 38.0 Å². The molecule has 2 N–H and O–H groups in total. The predicted molar refractivity (Wildman–Crippen MR) is 76.9 cm³/mol. The number of fused-ring (bicyclic) bond motifs is 1. The molecule has 0 radical (unpaired) electrons. The standard InChI is InChI=1S/C16H24N2/c1-13-6-4-5-10-16(13,12-17)18-11-9-14-7-2-3-8-15(14)18/h2-3,7-8,13H,4-6,9-12,17H2,1H3. The Labute approximate surface area is 110 Å². The largest absolute Gasteiger partial charge is 0.364 e. The highest BCUT2D eigenvalue weighted by molar-refractivity contribution is 5.60. The third kappa shape index (κ3) is 1.66. The third-order valence-electron chi connectivity index (χ3n) is 5.19. The average Bonchev–Trinajstić information content (AvgIpc) is 2.84. The van der Waals surface area contributed by atoms with E-state index in [1.54, 1.807) is 0 Å². The average molecular weight is 244 g/mol. The Morgan fingerprint density at radius 1 is 1.33 bits per heavy atom. The lowest BCUT2D eigenvalue weighted by Gasteiger charge is -2.50. The molecule has 3 rings (SSSR count). The first-order chi connectivity index (χ1) is 8.78. The van der Waals surface area contributed by atoms with Gasteiger partial charge in [0.05, 0.1) is 5.54 Å². The normalized spacial score (nSPS) is 31.4. The fourth-order valence-corrected chi connectivity index (χ4v) is 4.01. The lowest BCUT2D eigenvalue weighted by atomic mass is 9.72. The first-order valence-corrected chi connectivity index (χ1v) is 7.33. The Hall–Kier alpha value is -1.02. The molecule has 1 aliphatic carbocycles. The second-order valence-corrected chi connectivity index (χ2v) is 5.98. The predicted octanol–water partition coefficient (Wildman–Crippen LogP) is 2.96. The van der Waals surface area contributed by atoms with E-state index in [4.69, 9.17) is 5.73 Å². The molecule has 1 heterocycles. The molecule has 2 heteroatoms. The summed E-state index contributed by atoms with van der Waals surface area (Å²) in [4.78, 5) is 2.63. The monoisotopic (exact) mass is 244 g/mol. The van der Waals surface area contributed by atoms with Crippen LogP contribution in [0.5, 0.6) is 0 Å². The highest BCUT2D eigenvalue weighted by atomic mass is 15.2. The highest BCUT2D eigenvalue weighted by Gasteiger charge is 2.44. The fourth-order valence-electron chi connectivity index (χ4n) is 4.01. The van der Waals surface area contributed by atoms with Crippen molar-refractivity contribution in [2.75, 3.05) is 18.0 Å². The maximum absolute atomic E-state index is 6.22. The van der Waals surface area contributed by atoms with Crippen LogP contribution >= 0.6 is 0 Å². The molecule has 2 atom stereocenters. The van der Waals surface area contributed by atoms with Crippen LogP contribution in [-0.2, 0) is 6.42 Å². The molecule has 0 aromatic heterocycles. The van der Waals surface area contributed by atoms with Crippen molar-refractivity contribution in [2.24, 2.45) is 11.7 Å². The van der Waals surface area contributed by atoms with E-state index in [9.17, 15) is 0 Å². The van der Waals surface area contributed by atoms with E-state index in [1.807, 2.05) is 0 Å². The summed E-state index contributed by atoms with van der Waals surface area (Å²) in [6, 6.07) is 8.87. The summed E-state index contributed by atoms with van der Waals surface area (Å²) in [6.45, 7) is 4.34. The van der Waals surface area contributed by atoms with E-state index < -0.39 is 0 Å². The van der Waals surface area contributed by atoms with Gasteiger partial charge in [-0.15, -0.1) is 0 Å². The van der Waals surface area contributed by atoms with Gasteiger partial charge >= 0.3 is 0 Å². The van der Waals surface area contributed by atoms with Crippen LogP contribution in [-0.4, -0.2) is 18.6 Å². The van der Waals surface area contributed by atoms with Gasteiger partial charge in [0, 0.05) is 18.8 Å². The smallest absolute Gasteiger partial charge is 0.0549 e. The molecule has 18 heavy (non-hydrogen) atoms. The second-order valence-electron chi connectivity index (χ2n) is 5.98. The molecule has 0 spiro atoms. The summed E-state index contributed by atoms with van der Waals surface area (Å²) in [7, 11) is 0. The van der Waals surface area contributed by atoms with Crippen LogP contribution in [0.4, 0.5) is 5.69 Å². The van der Waals surface area contributed by atoms with Crippen LogP contribution in [0.3, 0.4) is 0 Å². The van der Waals surface area contributed by atoms with Crippen molar-refractivity contribution in [2.45, 2.75) is 44.6 Å². The highest BCUT2D eigenvalue weighted by Crippen LogP contribution is 2.43. The van der Waals surface area contributed by atoms with Crippen LogP contribution in [0.1, 0.15) is 38.2 Å². The van der Waals surface area contributed by atoms with E-state index in [0.717, 1.165) is 13.1 Å². The quantitative estimate of drug-likeness (QED) is 0.866. The summed E-state index contributed by atoms with van der Waals surface area (Å²) in [5, 5.41) is 0. The van der Waals surface area contributed by atoms with Crippen molar-refractivity contribution in [3.05, 3.63) is 29.8 Å². The Bertz CT molecular complexity index is 429. The van der Waals surface area contributed by atoms with Gasteiger partial charge in [-0.25, -0.2) is 0 Å². The maximum atomic E-state index is 6.22. The molecular formula is C16H24N2. The van der Waals surface area contributed by atoms with E-state index in [-0.39, 0.29) is 5.54 Å². The number of hydrogen-bond donors (Lipinski definition) is 1. The van der Waals surface area contributed by atoms with Gasteiger partial charge in [-0.05, 0) is 36.8 Å². The van der Waals surface area contributed by atoms with E-state index in [0.29, 0.717) is 5.92 Å². The summed E-state index contributed by atoms with van der Waals surface area (Å²) in [5.41, 5.74) is 9.38. The zero-order valence-electron chi connectivity index (χ0n) is 11.4. The molecule has 1 fully saturated rings. The van der Waals surface area contributed by atoms with Gasteiger partial charge in [0.25, 0.3) is 0 Å². The van der Waals surface area contributed by atoms with Gasteiger partial charge in [-0.3, -0.25) is 0 Å². The van der Waals surface area contributed by atoms with Crippen molar-refractivity contribution in [3.63, 3.8) is 0 Å². The van der Waals surface area contributed by atoms with Gasteiger partial charge in [0.2, 0.25) is 0 Å². The Balaban J connectivity index is 1.98. The number of para-hydroxylation sites is 1. The van der Waals surface area contributed by atoms with Gasteiger partial charge in [0.15, 0.2) is 0 Å². The van der Waals surface area contributed by atoms with Gasteiger partial charge in [0.1, 0.15) is 0 Å². The van der Waals surface area contributed by atoms with Gasteiger partial charge in [-0.2, -0.15) is 0 Å². The lowest BCUT2D eigenvalue weighted by Crippen LogP contribution is -2.59. The number of anilines is 1. The minimum atomic E-state index is 0.213. The summed E-state index contributed by atoms with van der Waals surface area (Å²) in [5.74, 6) is 0.711. The Morgan fingerprint density at radius 3 is 2.94 bits per heavy atom. The number of nitrogens with zero attached hydrogens (tertiary/aromatic N) is 1. The van der Waals surface area contributed by atoms with E-state index in [1.165, 1.54) is 43.4 Å². The first-order valence-electron chi connectivity index (χ1n) is 7.33. The topological polar surface area (TPSA) is 29.3 Å². The lowest BCUT2D eigenvalue weighted by molar-refractivity contribution is 0.199.